The Morgan fingerprint density at radius 1 is 1.12 bits per heavy atom. The number of ether oxygens (including phenoxy) is 1. The van der Waals surface area contributed by atoms with Crippen molar-refractivity contribution in [3.8, 4) is 0 Å². The van der Waals surface area contributed by atoms with Crippen LogP contribution in [0.2, 0.25) is 0 Å². The maximum atomic E-state index is 12.3. The van der Waals surface area contributed by atoms with E-state index in [1.165, 1.54) is 24.5 Å². The third kappa shape index (κ3) is 4.91. The summed E-state index contributed by atoms with van der Waals surface area (Å²) < 4.78 is 5.04. The molecule has 1 atom stereocenters. The van der Waals surface area contributed by atoms with Gasteiger partial charge in [-0.25, -0.2) is 0 Å². The van der Waals surface area contributed by atoms with Crippen LogP contribution in [0.4, 0.5) is 0 Å². The second-order valence-corrected chi connectivity index (χ2v) is 6.14. The van der Waals surface area contributed by atoms with Gasteiger partial charge in [0.25, 0.3) is 5.91 Å². The predicted octanol–water partition coefficient (Wildman–Crippen LogP) is 2.60. The Morgan fingerprint density at radius 3 is 2.54 bits per heavy atom. The normalized spacial score (nSPS) is 14.4. The van der Waals surface area contributed by atoms with E-state index in [9.17, 15) is 14.4 Å². The van der Waals surface area contributed by atoms with Gasteiger partial charge in [0.05, 0.1) is 6.42 Å². The van der Waals surface area contributed by atoms with Crippen LogP contribution in [0.1, 0.15) is 61.0 Å². The summed E-state index contributed by atoms with van der Waals surface area (Å²) in [6, 6.07) is 5.83. The number of rotatable bonds is 7. The summed E-state index contributed by atoms with van der Waals surface area (Å²) in [5.41, 5.74) is 3.23. The first-order valence-corrected chi connectivity index (χ1v) is 8.63. The van der Waals surface area contributed by atoms with Crippen molar-refractivity contribution in [1.82, 2.24) is 5.32 Å². The molecule has 1 aromatic carbocycles. The van der Waals surface area contributed by atoms with Gasteiger partial charge in [0.2, 0.25) is 0 Å². The zero-order valence-corrected chi connectivity index (χ0v) is 14.4. The second-order valence-electron chi connectivity index (χ2n) is 6.14. The van der Waals surface area contributed by atoms with Crippen molar-refractivity contribution in [3.63, 3.8) is 0 Å². The van der Waals surface area contributed by atoms with E-state index < -0.39 is 12.1 Å². The number of amides is 1. The van der Waals surface area contributed by atoms with E-state index in [2.05, 4.69) is 5.32 Å². The molecule has 130 valence electrons. The fourth-order valence-electron chi connectivity index (χ4n) is 2.89. The highest BCUT2D eigenvalue weighted by Crippen LogP contribution is 2.23. The molecule has 0 fully saturated rings. The number of Topliss-reactive ketones (excluding diaryl/α,β-unsaturated/α-hetero) is 1. The van der Waals surface area contributed by atoms with E-state index in [1.54, 1.807) is 6.92 Å². The van der Waals surface area contributed by atoms with Crippen LogP contribution in [0.25, 0.3) is 0 Å². The van der Waals surface area contributed by atoms with Crippen LogP contribution in [0.5, 0.6) is 0 Å². The molecule has 0 aliphatic heterocycles. The number of hydrogen-bond acceptors (Lipinski definition) is 4. The Morgan fingerprint density at radius 2 is 1.83 bits per heavy atom. The molecular formula is C19H25NO4. The van der Waals surface area contributed by atoms with E-state index in [0.717, 1.165) is 19.3 Å². The number of likely N-dealkylation sites (N-methyl/N-ethyl adjacent to an activating group) is 1. The molecule has 5 nitrogen and oxygen atoms in total. The Hall–Kier alpha value is -2.17. The zero-order chi connectivity index (χ0) is 17.5. The van der Waals surface area contributed by atoms with Gasteiger partial charge < -0.3 is 10.1 Å². The first-order chi connectivity index (χ1) is 11.5. The lowest BCUT2D eigenvalue weighted by molar-refractivity contribution is -0.154. The highest BCUT2D eigenvalue weighted by molar-refractivity contribution is 5.98. The van der Waals surface area contributed by atoms with Gasteiger partial charge in [-0.05, 0) is 56.7 Å². The van der Waals surface area contributed by atoms with Gasteiger partial charge in [-0.1, -0.05) is 12.1 Å². The van der Waals surface area contributed by atoms with Crippen LogP contribution in [0.15, 0.2) is 18.2 Å². The summed E-state index contributed by atoms with van der Waals surface area (Å²) in [5, 5.41) is 2.59. The smallest absolute Gasteiger partial charge is 0.307 e. The van der Waals surface area contributed by atoms with Crippen molar-refractivity contribution in [2.45, 2.75) is 58.5 Å². The lowest BCUT2D eigenvalue weighted by Crippen LogP contribution is -2.35. The molecule has 1 aliphatic rings. The SMILES string of the molecule is CCNC(=O)[C@H](C)OC(=O)CCC(=O)c1ccc2c(c1)CCCC2. The second kappa shape index (κ2) is 8.62. The standard InChI is InChI=1S/C19H25NO4/c1-3-20-19(23)13(2)24-18(22)11-10-17(21)16-9-8-14-6-4-5-7-15(14)12-16/h8-9,12-13H,3-7,10-11H2,1-2H3,(H,20,23)/t13-/m0/s1. The average Bonchev–Trinajstić information content (AvgIpc) is 2.59. The van der Waals surface area contributed by atoms with Gasteiger partial charge in [-0.15, -0.1) is 0 Å². The molecule has 24 heavy (non-hydrogen) atoms. The van der Waals surface area contributed by atoms with E-state index in [0.29, 0.717) is 12.1 Å². The molecule has 0 unspecified atom stereocenters. The number of aryl methyl sites for hydroxylation is 2. The number of fused-ring (bicyclic) bond motifs is 1. The number of esters is 1. The van der Waals surface area contributed by atoms with Crippen LogP contribution in [-0.4, -0.2) is 30.3 Å². The van der Waals surface area contributed by atoms with Crippen LogP contribution in [0, 0.1) is 0 Å². The molecule has 1 N–H and O–H groups in total. The van der Waals surface area contributed by atoms with Crippen LogP contribution in [0.3, 0.4) is 0 Å². The van der Waals surface area contributed by atoms with Gasteiger partial charge in [-0.3, -0.25) is 14.4 Å². The van der Waals surface area contributed by atoms with E-state index >= 15 is 0 Å². The van der Waals surface area contributed by atoms with Crippen molar-refractivity contribution in [2.75, 3.05) is 6.54 Å². The van der Waals surface area contributed by atoms with Crippen molar-refractivity contribution in [1.29, 1.82) is 0 Å². The monoisotopic (exact) mass is 331 g/mol. The largest absolute Gasteiger partial charge is 0.453 e. The van der Waals surface area contributed by atoms with Crippen molar-refractivity contribution >= 4 is 17.7 Å². The molecule has 0 bridgehead atoms. The predicted molar refractivity (Wildman–Crippen MR) is 90.9 cm³/mol. The van der Waals surface area contributed by atoms with E-state index in [1.807, 2.05) is 18.2 Å². The lowest BCUT2D eigenvalue weighted by atomic mass is 9.89. The molecule has 0 radical (unpaired) electrons. The van der Waals surface area contributed by atoms with Crippen LogP contribution >= 0.6 is 0 Å². The van der Waals surface area contributed by atoms with E-state index in [-0.39, 0.29) is 24.5 Å². The minimum absolute atomic E-state index is 0.0142. The minimum Gasteiger partial charge on any atom is -0.453 e. The molecule has 0 saturated carbocycles. The fourth-order valence-corrected chi connectivity index (χ4v) is 2.89. The maximum absolute atomic E-state index is 12.3. The molecule has 1 aromatic rings. The molecule has 2 rings (SSSR count). The number of nitrogens with one attached hydrogen (secondary N) is 1. The highest BCUT2D eigenvalue weighted by Gasteiger charge is 2.18. The summed E-state index contributed by atoms with van der Waals surface area (Å²) >= 11 is 0. The average molecular weight is 331 g/mol. The fraction of sp³-hybridized carbons (Fsp3) is 0.526. The molecule has 1 aliphatic carbocycles. The summed E-state index contributed by atoms with van der Waals surface area (Å²) in [5.74, 6) is -0.919. The Bertz CT molecular complexity index is 624. The molecular weight excluding hydrogens is 306 g/mol. The van der Waals surface area contributed by atoms with Gasteiger partial charge in [0.1, 0.15) is 0 Å². The Balaban J connectivity index is 1.84. The molecule has 0 saturated heterocycles. The summed E-state index contributed by atoms with van der Waals surface area (Å²) in [6.45, 7) is 3.80. The summed E-state index contributed by atoms with van der Waals surface area (Å²) in [7, 11) is 0. The quantitative estimate of drug-likeness (QED) is 0.616. The van der Waals surface area contributed by atoms with Crippen molar-refractivity contribution in [3.05, 3.63) is 34.9 Å². The zero-order valence-electron chi connectivity index (χ0n) is 14.4. The van der Waals surface area contributed by atoms with Gasteiger partial charge >= 0.3 is 5.97 Å². The van der Waals surface area contributed by atoms with Gasteiger partial charge in [0.15, 0.2) is 11.9 Å². The Labute approximate surface area is 142 Å². The first-order valence-electron chi connectivity index (χ1n) is 8.63. The molecule has 0 aromatic heterocycles. The van der Waals surface area contributed by atoms with E-state index in [4.69, 9.17) is 4.74 Å². The number of carbonyl (C=O) groups is 3. The van der Waals surface area contributed by atoms with Crippen molar-refractivity contribution in [2.24, 2.45) is 0 Å². The molecule has 1 amide bonds. The van der Waals surface area contributed by atoms with Crippen molar-refractivity contribution < 1.29 is 19.1 Å². The lowest BCUT2D eigenvalue weighted by Gasteiger charge is -2.16. The third-order valence-corrected chi connectivity index (χ3v) is 4.26. The summed E-state index contributed by atoms with van der Waals surface area (Å²) in [6.07, 6.45) is 3.71. The number of hydrogen-bond donors (Lipinski definition) is 1. The summed E-state index contributed by atoms with van der Waals surface area (Å²) in [4.78, 5) is 35.6. The number of ketones is 1. The maximum Gasteiger partial charge on any atom is 0.307 e. The molecule has 0 heterocycles. The topological polar surface area (TPSA) is 72.5 Å². The molecule has 5 heteroatoms. The molecule has 0 spiro atoms. The van der Waals surface area contributed by atoms with Gasteiger partial charge in [-0.2, -0.15) is 0 Å². The number of benzene rings is 1. The third-order valence-electron chi connectivity index (χ3n) is 4.26. The Kier molecular flexibility index (Phi) is 6.53. The highest BCUT2D eigenvalue weighted by atomic mass is 16.5. The van der Waals surface area contributed by atoms with Gasteiger partial charge in [0, 0.05) is 18.5 Å². The number of carbonyl (C=O) groups excluding carboxylic acids is 3. The van der Waals surface area contributed by atoms with Crippen LogP contribution in [-0.2, 0) is 27.2 Å². The van der Waals surface area contributed by atoms with Crippen LogP contribution < -0.4 is 5.32 Å². The first kappa shape index (κ1) is 18.2. The minimum atomic E-state index is -0.837.